The molecule has 0 atom stereocenters. The van der Waals surface area contributed by atoms with Gasteiger partial charge in [0.05, 0.1) is 10.5 Å². The molecule has 0 aliphatic carbocycles. The van der Waals surface area contributed by atoms with E-state index < -0.39 is 14.6 Å². The minimum absolute atomic E-state index is 0. The van der Waals surface area contributed by atoms with E-state index in [1.807, 2.05) is 17.0 Å². The van der Waals surface area contributed by atoms with Crippen molar-refractivity contribution in [1.29, 1.82) is 0 Å². The Morgan fingerprint density at radius 2 is 1.85 bits per heavy atom. The van der Waals surface area contributed by atoms with E-state index in [1.165, 1.54) is 0 Å². The maximum absolute atomic E-state index is 12.2. The Morgan fingerprint density at radius 1 is 1.26 bits per heavy atom. The van der Waals surface area contributed by atoms with Crippen LogP contribution in [0.2, 0.25) is 0 Å². The number of hydrogen-bond donors (Lipinski definition) is 1. The topological polar surface area (TPSA) is 82.1 Å². The number of carbonyl (C=O) groups excluding carboxylic acids is 1. The highest BCUT2D eigenvalue weighted by Crippen LogP contribution is 2.23. The van der Waals surface area contributed by atoms with Gasteiger partial charge in [0.2, 0.25) is 0 Å². The number of guanidine groups is 1. The number of nitrogens with one attached hydrogen (secondary N) is 1. The molecule has 0 unspecified atom stereocenters. The molecule has 1 saturated heterocycles. The third-order valence-corrected chi connectivity index (χ3v) is 7.15. The fraction of sp³-hybridized carbons (Fsp3) is 0.556. The molecule has 1 fully saturated rings. The molecule has 0 radical (unpaired) electrons. The van der Waals surface area contributed by atoms with Gasteiger partial charge in [-0.1, -0.05) is 12.1 Å². The van der Waals surface area contributed by atoms with Gasteiger partial charge in [0.25, 0.3) is 5.91 Å². The summed E-state index contributed by atoms with van der Waals surface area (Å²) < 4.78 is 23.5. The van der Waals surface area contributed by atoms with E-state index in [1.54, 1.807) is 52.0 Å². The van der Waals surface area contributed by atoms with Gasteiger partial charge in [-0.25, -0.2) is 8.42 Å². The van der Waals surface area contributed by atoms with Gasteiger partial charge >= 0.3 is 0 Å². The van der Waals surface area contributed by atoms with E-state index in [0.29, 0.717) is 31.2 Å². The molecule has 1 N–H and O–H groups in total. The summed E-state index contributed by atoms with van der Waals surface area (Å²) in [5.41, 5.74) is 1.66. The molecule has 1 aliphatic rings. The highest BCUT2D eigenvalue weighted by atomic mass is 127. The fourth-order valence-electron chi connectivity index (χ4n) is 2.86. The molecule has 1 aromatic rings. The van der Waals surface area contributed by atoms with Crippen LogP contribution < -0.4 is 5.32 Å². The lowest BCUT2D eigenvalue weighted by Gasteiger charge is -2.39. The highest BCUT2D eigenvalue weighted by Gasteiger charge is 2.40. The first-order valence-corrected chi connectivity index (χ1v) is 10.2. The number of sulfone groups is 1. The molecule has 1 aliphatic heterocycles. The molecular formula is C18H29IN4O3S. The second-order valence-corrected chi connectivity index (χ2v) is 10.0. The second kappa shape index (κ2) is 9.22. The van der Waals surface area contributed by atoms with E-state index in [9.17, 15) is 13.2 Å². The molecular weight excluding hydrogens is 479 g/mol. The summed E-state index contributed by atoms with van der Waals surface area (Å²) in [4.78, 5) is 19.7. The van der Waals surface area contributed by atoms with Gasteiger partial charge in [0, 0.05) is 46.3 Å². The SMILES string of the molecule is CN=C(NCc1ccc(C(=O)N(C)C)cc1)N1CCS(=O)(=O)C(C)(C)C1.I. The number of benzene rings is 1. The Morgan fingerprint density at radius 3 is 2.33 bits per heavy atom. The van der Waals surface area contributed by atoms with Gasteiger partial charge in [0.15, 0.2) is 15.8 Å². The molecule has 0 bridgehead atoms. The highest BCUT2D eigenvalue weighted by molar-refractivity contribution is 14.0. The summed E-state index contributed by atoms with van der Waals surface area (Å²) in [6, 6.07) is 7.42. The zero-order valence-electron chi connectivity index (χ0n) is 16.5. The third-order valence-electron chi connectivity index (χ3n) is 4.61. The number of amides is 1. The molecule has 0 saturated carbocycles. The Hall–Kier alpha value is -1.36. The molecule has 2 rings (SSSR count). The maximum atomic E-state index is 12.2. The Labute approximate surface area is 179 Å². The molecule has 9 heteroatoms. The summed E-state index contributed by atoms with van der Waals surface area (Å²) >= 11 is 0. The number of hydrogen-bond acceptors (Lipinski definition) is 4. The summed E-state index contributed by atoms with van der Waals surface area (Å²) in [5.74, 6) is 0.778. The van der Waals surface area contributed by atoms with Gasteiger partial charge < -0.3 is 15.1 Å². The first-order valence-electron chi connectivity index (χ1n) is 8.56. The van der Waals surface area contributed by atoms with Crippen molar-refractivity contribution in [2.45, 2.75) is 25.1 Å². The molecule has 7 nitrogen and oxygen atoms in total. The number of aliphatic imine (C=N–C) groups is 1. The van der Waals surface area contributed by atoms with Gasteiger partial charge in [0.1, 0.15) is 0 Å². The summed E-state index contributed by atoms with van der Waals surface area (Å²) in [6.45, 7) is 4.89. The summed E-state index contributed by atoms with van der Waals surface area (Å²) in [7, 11) is 2.06. The minimum atomic E-state index is -3.08. The molecule has 1 amide bonds. The van der Waals surface area contributed by atoms with Gasteiger partial charge in [-0.2, -0.15) is 0 Å². The second-order valence-electron chi connectivity index (χ2n) is 7.30. The van der Waals surface area contributed by atoms with Crippen molar-refractivity contribution < 1.29 is 13.2 Å². The van der Waals surface area contributed by atoms with Crippen LogP contribution >= 0.6 is 24.0 Å². The Balaban J connectivity index is 0.00000364. The zero-order valence-corrected chi connectivity index (χ0v) is 19.7. The smallest absolute Gasteiger partial charge is 0.253 e. The fourth-order valence-corrected chi connectivity index (χ4v) is 4.23. The van der Waals surface area contributed by atoms with Crippen LogP contribution in [-0.2, 0) is 16.4 Å². The number of halogens is 1. The summed E-state index contributed by atoms with van der Waals surface area (Å²) in [5, 5.41) is 3.28. The van der Waals surface area contributed by atoms with Crippen molar-refractivity contribution >= 4 is 45.7 Å². The Bertz CT molecular complexity index is 789. The molecule has 0 spiro atoms. The molecule has 27 heavy (non-hydrogen) atoms. The van der Waals surface area contributed by atoms with Gasteiger partial charge in [-0.3, -0.25) is 9.79 Å². The first kappa shape index (κ1) is 23.7. The van der Waals surface area contributed by atoms with E-state index in [-0.39, 0.29) is 35.6 Å². The average molecular weight is 508 g/mol. The predicted octanol–water partition coefficient (Wildman–Crippen LogP) is 1.59. The van der Waals surface area contributed by atoms with Crippen molar-refractivity contribution in [3.05, 3.63) is 35.4 Å². The van der Waals surface area contributed by atoms with Gasteiger partial charge in [-0.05, 0) is 31.5 Å². The average Bonchev–Trinajstić information content (AvgIpc) is 2.58. The third kappa shape index (κ3) is 5.56. The monoisotopic (exact) mass is 508 g/mol. The number of nitrogens with zero attached hydrogens (tertiary/aromatic N) is 3. The van der Waals surface area contributed by atoms with E-state index >= 15 is 0 Å². The van der Waals surface area contributed by atoms with Crippen LogP contribution in [0.1, 0.15) is 29.8 Å². The number of rotatable bonds is 3. The van der Waals surface area contributed by atoms with Crippen molar-refractivity contribution in [2.24, 2.45) is 4.99 Å². The van der Waals surface area contributed by atoms with Crippen molar-refractivity contribution in [3.63, 3.8) is 0 Å². The molecule has 152 valence electrons. The number of carbonyl (C=O) groups is 1. The van der Waals surface area contributed by atoms with E-state index in [0.717, 1.165) is 5.56 Å². The van der Waals surface area contributed by atoms with Crippen LogP contribution in [0.3, 0.4) is 0 Å². The summed E-state index contributed by atoms with van der Waals surface area (Å²) in [6.07, 6.45) is 0. The van der Waals surface area contributed by atoms with E-state index in [2.05, 4.69) is 10.3 Å². The zero-order chi connectivity index (χ0) is 19.5. The molecule has 1 aromatic carbocycles. The van der Waals surface area contributed by atoms with Crippen LogP contribution in [0.15, 0.2) is 29.3 Å². The lowest BCUT2D eigenvalue weighted by molar-refractivity contribution is 0.0827. The van der Waals surface area contributed by atoms with Crippen LogP contribution in [0.5, 0.6) is 0 Å². The van der Waals surface area contributed by atoms with E-state index in [4.69, 9.17) is 0 Å². The van der Waals surface area contributed by atoms with Crippen LogP contribution in [-0.4, -0.2) is 74.8 Å². The van der Waals surface area contributed by atoms with Crippen molar-refractivity contribution in [1.82, 2.24) is 15.1 Å². The molecule has 1 heterocycles. The van der Waals surface area contributed by atoms with Crippen molar-refractivity contribution in [2.75, 3.05) is 40.0 Å². The normalized spacial score (nSPS) is 18.4. The predicted molar refractivity (Wildman–Crippen MR) is 120 cm³/mol. The Kier molecular flexibility index (Phi) is 8.09. The van der Waals surface area contributed by atoms with Crippen LogP contribution in [0.25, 0.3) is 0 Å². The van der Waals surface area contributed by atoms with Gasteiger partial charge in [-0.15, -0.1) is 24.0 Å². The lowest BCUT2D eigenvalue weighted by atomic mass is 10.1. The van der Waals surface area contributed by atoms with Crippen LogP contribution in [0.4, 0.5) is 0 Å². The first-order chi connectivity index (χ1) is 12.1. The van der Waals surface area contributed by atoms with Crippen molar-refractivity contribution in [3.8, 4) is 0 Å². The molecule has 0 aromatic heterocycles. The maximum Gasteiger partial charge on any atom is 0.253 e. The lowest BCUT2D eigenvalue weighted by Crippen LogP contribution is -2.57. The standard InChI is InChI=1S/C18H28N4O3S.HI/c1-18(2)13-22(10-11-26(18,24)25)17(19-3)20-12-14-6-8-15(9-7-14)16(23)21(4)5;/h6-9H,10-13H2,1-5H3,(H,19,20);1H. The largest absolute Gasteiger partial charge is 0.352 e. The van der Waals surface area contributed by atoms with Crippen LogP contribution in [0, 0.1) is 0 Å². The quantitative estimate of drug-likeness (QED) is 0.381. The minimum Gasteiger partial charge on any atom is -0.352 e.